The van der Waals surface area contributed by atoms with Gasteiger partial charge in [0.25, 0.3) is 0 Å². The molecule has 0 saturated heterocycles. The van der Waals surface area contributed by atoms with E-state index in [4.69, 9.17) is 0 Å². The summed E-state index contributed by atoms with van der Waals surface area (Å²) in [7, 11) is 0. The largest absolute Gasteiger partial charge is 1.00 e. The number of hydrogen-bond acceptors (Lipinski definition) is 0. The van der Waals surface area contributed by atoms with Crippen LogP contribution in [0.3, 0.4) is 0 Å². The van der Waals surface area contributed by atoms with Crippen molar-refractivity contribution in [2.24, 2.45) is 11.8 Å². The minimum atomic E-state index is -1.85. The van der Waals surface area contributed by atoms with Gasteiger partial charge in [0.15, 0.2) is 0 Å². The summed E-state index contributed by atoms with van der Waals surface area (Å²) in [4.78, 5) is 0. The van der Waals surface area contributed by atoms with Crippen LogP contribution in [0.15, 0.2) is 148 Å². The third-order valence-corrected chi connectivity index (χ3v) is 56.8. The molecule has 312 valence electrons. The van der Waals surface area contributed by atoms with Crippen molar-refractivity contribution < 1.29 is 66.6 Å². The summed E-state index contributed by atoms with van der Waals surface area (Å²) in [5.74, 6) is -0.129. The number of benzene rings is 4. The van der Waals surface area contributed by atoms with Crippen LogP contribution in [-0.2, 0) is 41.8 Å². The number of halogens is 2. The van der Waals surface area contributed by atoms with Crippen LogP contribution >= 0.6 is 0 Å². The van der Waals surface area contributed by atoms with Crippen LogP contribution in [0.5, 0.6) is 0 Å². The molecule has 4 aliphatic rings. The Kier molecular flexibility index (Phi) is 16.6. The normalized spacial score (nSPS) is 20.5. The molecule has 4 aromatic carbocycles. The van der Waals surface area contributed by atoms with Gasteiger partial charge in [0, 0.05) is 0 Å². The summed E-state index contributed by atoms with van der Waals surface area (Å²) in [6.45, 7) is 34.6. The van der Waals surface area contributed by atoms with E-state index in [0.29, 0.717) is 11.8 Å². The first kappa shape index (κ1) is 49.1. The number of hydrogen-bond donors (Lipinski definition) is 0. The molecule has 0 saturated carbocycles. The van der Waals surface area contributed by atoms with Crippen molar-refractivity contribution in [1.82, 2.24) is 0 Å². The first-order valence-corrected chi connectivity index (χ1v) is 41.5. The van der Waals surface area contributed by atoms with E-state index in [1.807, 2.05) is 6.56 Å². The second-order valence-corrected chi connectivity index (χ2v) is 57.3. The van der Waals surface area contributed by atoms with Gasteiger partial charge in [-0.2, -0.15) is 0 Å². The Morgan fingerprint density at radius 2 is 0.750 bits per heavy atom. The average Bonchev–Trinajstić information content (AvgIpc) is 3.85. The first-order valence-electron chi connectivity index (χ1n) is 21.9. The maximum absolute atomic E-state index is 2.64. The minimum absolute atomic E-state index is 0. The molecule has 0 aromatic heterocycles. The summed E-state index contributed by atoms with van der Waals surface area (Å²) in [6.07, 6.45) is 5.06. The fraction of sp³-hybridized carbons (Fsp3) is 0.333. The molecule has 60 heavy (non-hydrogen) atoms. The summed E-state index contributed by atoms with van der Waals surface area (Å²) in [5, 5.41) is 0. The van der Waals surface area contributed by atoms with Crippen molar-refractivity contribution in [2.45, 2.75) is 103 Å². The maximum Gasteiger partial charge on any atom is -1.00 e. The first-order chi connectivity index (χ1) is 27.6. The molecule has 4 atom stereocenters. The smallest absolute Gasteiger partial charge is 1.00 e. The standard InChI is InChI=1S/2C16H13.2C9H13.2C2H7Si.2ClH.2Zr/c2*1-12-10-14-8-5-9-15(16(14)11-12)13-6-3-2-4-7-13;2*1-6-5-7(2)9(4)8(6)3;2*1-3-2;;;;/h2*2-11H,1H3;2*6H,1-4H3;2*3H,1-2H3;2*1H;;/q;;;;;;;;2*+1/p-2. The van der Waals surface area contributed by atoms with E-state index >= 15 is 0 Å². The molecule has 0 bridgehead atoms. The minimum Gasteiger partial charge on any atom is -1.00 e. The summed E-state index contributed by atoms with van der Waals surface area (Å²) in [6, 6.07) is 36.0. The Bertz CT molecular complexity index is 2260. The Morgan fingerprint density at radius 3 is 1.03 bits per heavy atom. The topological polar surface area (TPSA) is 0 Å². The molecular weight excluding hydrogens is 958 g/mol. The second-order valence-electron chi connectivity index (χ2n) is 18.3. The van der Waals surface area contributed by atoms with E-state index in [1.165, 1.54) is 33.4 Å². The quantitative estimate of drug-likeness (QED) is 0.155. The average molecular weight is 1020 g/mol. The Balaban J connectivity index is 0.000000220. The van der Waals surface area contributed by atoms with Gasteiger partial charge in [0.2, 0.25) is 0 Å². The SMILES string of the molecule is CC1=Cc2c(-c3ccccc3)cccc2[CH]1[Zr+]([C]1=C(C)C(C)=C(C)C1C)[SiH](C)C.CC1=Cc2c(-c3ccccc3)cccc2[CH]1[Zr+]([C]1=C(C)C(C)=C(C)C1C)[SiH](C)C.[Cl-].[Cl-]. The van der Waals surface area contributed by atoms with Gasteiger partial charge in [-0.25, -0.2) is 0 Å². The van der Waals surface area contributed by atoms with Crippen LogP contribution in [0, 0.1) is 11.8 Å². The number of rotatable bonds is 8. The van der Waals surface area contributed by atoms with Gasteiger partial charge >= 0.3 is 373 Å². The van der Waals surface area contributed by atoms with Crippen molar-refractivity contribution in [1.29, 1.82) is 0 Å². The van der Waals surface area contributed by atoms with Crippen molar-refractivity contribution in [3.05, 3.63) is 170 Å². The second kappa shape index (κ2) is 20.3. The zero-order valence-corrected chi connectivity index (χ0v) is 47.3. The van der Waals surface area contributed by atoms with E-state index in [1.54, 1.807) is 55.7 Å². The van der Waals surface area contributed by atoms with Crippen LogP contribution in [0.1, 0.15) is 98.7 Å². The van der Waals surface area contributed by atoms with Crippen molar-refractivity contribution in [2.75, 3.05) is 0 Å². The van der Waals surface area contributed by atoms with Gasteiger partial charge in [-0.15, -0.1) is 0 Å². The van der Waals surface area contributed by atoms with Crippen molar-refractivity contribution in [3.8, 4) is 22.3 Å². The van der Waals surface area contributed by atoms with Gasteiger partial charge < -0.3 is 24.8 Å². The molecule has 0 spiro atoms. The molecule has 0 nitrogen and oxygen atoms in total. The van der Waals surface area contributed by atoms with E-state index in [0.717, 1.165) is 7.25 Å². The Morgan fingerprint density at radius 1 is 0.417 bits per heavy atom. The van der Waals surface area contributed by atoms with Gasteiger partial charge in [0.1, 0.15) is 0 Å². The van der Waals surface area contributed by atoms with Gasteiger partial charge in [-0.05, 0) is 0 Å². The molecule has 8 rings (SSSR count). The van der Waals surface area contributed by atoms with Crippen molar-refractivity contribution >= 4 is 24.0 Å². The maximum atomic E-state index is 2.64. The van der Waals surface area contributed by atoms with Crippen LogP contribution in [0.25, 0.3) is 34.4 Å². The molecule has 0 aliphatic heterocycles. The fourth-order valence-electron chi connectivity index (χ4n) is 10.9. The van der Waals surface area contributed by atoms with E-state index in [-0.39, 0.29) is 24.8 Å². The summed E-state index contributed by atoms with van der Waals surface area (Å²) in [5.41, 5.74) is 24.8. The van der Waals surface area contributed by atoms with Crippen LogP contribution in [-0.4, -0.2) is 11.8 Å². The molecule has 4 unspecified atom stereocenters. The van der Waals surface area contributed by atoms with Crippen molar-refractivity contribution in [3.63, 3.8) is 0 Å². The molecule has 0 heterocycles. The monoisotopic (exact) mass is 1020 g/mol. The van der Waals surface area contributed by atoms with Gasteiger partial charge in [-0.3, -0.25) is 0 Å². The molecule has 0 fully saturated rings. The Labute approximate surface area is 393 Å². The van der Waals surface area contributed by atoms with E-state index < -0.39 is 53.7 Å². The van der Waals surface area contributed by atoms with E-state index in [2.05, 4.69) is 205 Å². The molecule has 0 N–H and O–H groups in total. The Hall–Kier alpha value is -1.90. The molecule has 0 radical (unpaired) electrons. The molecular formula is C54H66Cl2Si2Zr2. The van der Waals surface area contributed by atoms with E-state index in [9.17, 15) is 0 Å². The fourth-order valence-corrected chi connectivity index (χ4v) is 57.1. The third kappa shape index (κ3) is 8.93. The summed E-state index contributed by atoms with van der Waals surface area (Å²) < 4.78 is 5.32. The van der Waals surface area contributed by atoms with Crippen LogP contribution in [0.4, 0.5) is 0 Å². The van der Waals surface area contributed by atoms with Gasteiger partial charge in [-0.1, -0.05) is 0 Å². The molecule has 4 aliphatic carbocycles. The zero-order chi connectivity index (χ0) is 41.7. The molecule has 6 heteroatoms. The van der Waals surface area contributed by atoms with Crippen LogP contribution in [0.2, 0.25) is 26.2 Å². The molecule has 4 aromatic rings. The zero-order valence-electron chi connectivity index (χ0n) is 38.6. The summed E-state index contributed by atoms with van der Waals surface area (Å²) >= 11 is -3.70. The van der Waals surface area contributed by atoms with Crippen LogP contribution < -0.4 is 24.8 Å². The third-order valence-electron chi connectivity index (χ3n) is 14.5. The predicted molar refractivity (Wildman–Crippen MR) is 255 cm³/mol. The number of allylic oxidation sites excluding steroid dienone is 10. The molecule has 0 amide bonds. The predicted octanol–water partition coefficient (Wildman–Crippen LogP) is 9.35. The van der Waals surface area contributed by atoms with Gasteiger partial charge in [0.05, 0.1) is 0 Å². The number of fused-ring (bicyclic) bond motifs is 2.